The molecule has 1 aliphatic heterocycles. The Hall–Kier alpha value is -2.09. The number of aliphatic hydroxyl groups is 1. The number of benzene rings is 2. The third-order valence-corrected chi connectivity index (χ3v) is 3.60. The molecule has 0 radical (unpaired) electrons. The number of fused-ring (bicyclic) bond motifs is 1. The van der Waals surface area contributed by atoms with Crippen LogP contribution in [-0.4, -0.2) is 11.0 Å². The maximum Gasteiger partial charge on any atom is 0.274 e. The SMILES string of the molecule is O=C1Nc2ccc(Br)cc2C1(O)C#Cc1ccccc1. The van der Waals surface area contributed by atoms with Gasteiger partial charge in [-0.1, -0.05) is 40.0 Å². The first-order chi connectivity index (χ1) is 9.59. The first-order valence-corrected chi connectivity index (χ1v) is 6.81. The minimum absolute atomic E-state index is 0.473. The molecule has 1 amide bonds. The summed E-state index contributed by atoms with van der Waals surface area (Å²) in [5.74, 6) is 5.00. The van der Waals surface area contributed by atoms with Crippen LogP contribution in [0.1, 0.15) is 11.1 Å². The topological polar surface area (TPSA) is 49.3 Å². The second-order valence-corrected chi connectivity index (χ2v) is 5.39. The van der Waals surface area contributed by atoms with E-state index in [0.29, 0.717) is 11.3 Å². The quantitative estimate of drug-likeness (QED) is 0.731. The lowest BCUT2D eigenvalue weighted by molar-refractivity contribution is -0.128. The van der Waals surface area contributed by atoms with Gasteiger partial charge in [-0.25, -0.2) is 0 Å². The summed E-state index contributed by atoms with van der Waals surface area (Å²) in [5, 5.41) is 13.2. The molecule has 0 saturated carbocycles. The Morgan fingerprint density at radius 1 is 1.15 bits per heavy atom. The van der Waals surface area contributed by atoms with Crippen LogP contribution in [0.3, 0.4) is 0 Å². The Kier molecular flexibility index (Phi) is 3.09. The van der Waals surface area contributed by atoms with Gasteiger partial charge in [0.15, 0.2) is 0 Å². The molecule has 2 aromatic carbocycles. The molecule has 20 heavy (non-hydrogen) atoms. The van der Waals surface area contributed by atoms with Gasteiger partial charge in [-0.15, -0.1) is 0 Å². The van der Waals surface area contributed by atoms with Gasteiger partial charge < -0.3 is 10.4 Å². The van der Waals surface area contributed by atoms with Crippen LogP contribution in [0.15, 0.2) is 53.0 Å². The molecule has 0 spiro atoms. The highest BCUT2D eigenvalue weighted by molar-refractivity contribution is 9.10. The van der Waals surface area contributed by atoms with Gasteiger partial charge in [-0.2, -0.15) is 0 Å². The number of hydrogen-bond acceptors (Lipinski definition) is 2. The van der Waals surface area contributed by atoms with Gasteiger partial charge in [0, 0.05) is 21.3 Å². The van der Waals surface area contributed by atoms with E-state index in [2.05, 4.69) is 33.1 Å². The fourth-order valence-corrected chi connectivity index (χ4v) is 2.43. The monoisotopic (exact) mass is 327 g/mol. The van der Waals surface area contributed by atoms with Crippen molar-refractivity contribution in [3.63, 3.8) is 0 Å². The number of carbonyl (C=O) groups is 1. The van der Waals surface area contributed by atoms with Gasteiger partial charge in [0.05, 0.1) is 0 Å². The predicted octanol–water partition coefficient (Wildman–Crippen LogP) is 2.64. The van der Waals surface area contributed by atoms with Crippen LogP contribution in [0, 0.1) is 11.8 Å². The van der Waals surface area contributed by atoms with Crippen LogP contribution in [0.5, 0.6) is 0 Å². The van der Waals surface area contributed by atoms with E-state index < -0.39 is 11.5 Å². The zero-order chi connectivity index (χ0) is 14.2. The van der Waals surface area contributed by atoms with Crippen molar-refractivity contribution >= 4 is 27.5 Å². The van der Waals surface area contributed by atoms with E-state index >= 15 is 0 Å². The molecule has 3 nitrogen and oxygen atoms in total. The lowest BCUT2D eigenvalue weighted by Crippen LogP contribution is -2.32. The van der Waals surface area contributed by atoms with E-state index in [0.717, 1.165) is 10.0 Å². The zero-order valence-electron chi connectivity index (χ0n) is 10.4. The molecule has 0 fully saturated rings. The maximum atomic E-state index is 12.0. The largest absolute Gasteiger partial charge is 0.366 e. The molecule has 0 aromatic heterocycles. The lowest BCUT2D eigenvalue weighted by Gasteiger charge is -2.13. The summed E-state index contributed by atoms with van der Waals surface area (Å²) in [5.41, 5.74) is -0.00451. The van der Waals surface area contributed by atoms with Crippen LogP contribution in [0.2, 0.25) is 0 Å². The zero-order valence-corrected chi connectivity index (χ0v) is 11.9. The average Bonchev–Trinajstić information content (AvgIpc) is 2.71. The molecule has 2 aromatic rings. The molecule has 1 atom stereocenters. The van der Waals surface area contributed by atoms with E-state index in [1.54, 1.807) is 18.2 Å². The Balaban J connectivity index is 2.07. The van der Waals surface area contributed by atoms with E-state index in [1.165, 1.54) is 0 Å². The van der Waals surface area contributed by atoms with Crippen molar-refractivity contribution < 1.29 is 9.90 Å². The molecule has 1 heterocycles. The summed E-state index contributed by atoms with van der Waals surface area (Å²) in [6.45, 7) is 0. The fraction of sp³-hybridized carbons (Fsp3) is 0.0625. The van der Waals surface area contributed by atoms with E-state index in [-0.39, 0.29) is 0 Å². The van der Waals surface area contributed by atoms with Crippen molar-refractivity contribution in [1.82, 2.24) is 0 Å². The van der Waals surface area contributed by atoms with Crippen LogP contribution >= 0.6 is 15.9 Å². The second kappa shape index (κ2) is 4.78. The Morgan fingerprint density at radius 2 is 1.90 bits per heavy atom. The highest BCUT2D eigenvalue weighted by Crippen LogP contribution is 2.37. The van der Waals surface area contributed by atoms with Crippen molar-refractivity contribution in [2.45, 2.75) is 5.60 Å². The molecular weight excluding hydrogens is 318 g/mol. The molecule has 0 aliphatic carbocycles. The summed E-state index contributed by atoms with van der Waals surface area (Å²) in [6, 6.07) is 14.5. The molecule has 3 rings (SSSR count). The number of carbonyl (C=O) groups excluding carboxylic acids is 1. The highest BCUT2D eigenvalue weighted by Gasteiger charge is 2.44. The maximum absolute atomic E-state index is 12.0. The normalized spacial score (nSPS) is 19.8. The number of anilines is 1. The Morgan fingerprint density at radius 3 is 2.65 bits per heavy atom. The molecule has 98 valence electrons. The highest BCUT2D eigenvalue weighted by atomic mass is 79.9. The molecule has 0 bridgehead atoms. The van der Waals surface area contributed by atoms with Crippen molar-refractivity contribution in [3.05, 3.63) is 64.1 Å². The van der Waals surface area contributed by atoms with Crippen molar-refractivity contribution in [2.24, 2.45) is 0 Å². The number of rotatable bonds is 0. The molecule has 1 unspecified atom stereocenters. The van der Waals surface area contributed by atoms with E-state index in [9.17, 15) is 9.90 Å². The van der Waals surface area contributed by atoms with Crippen LogP contribution in [0.25, 0.3) is 0 Å². The molecule has 2 N–H and O–H groups in total. The summed E-state index contributed by atoms with van der Waals surface area (Å²) >= 11 is 3.33. The van der Waals surface area contributed by atoms with Crippen LogP contribution in [-0.2, 0) is 10.4 Å². The standard InChI is InChI=1S/C16H10BrNO2/c17-12-6-7-14-13(10-12)16(20,15(19)18-14)9-8-11-4-2-1-3-5-11/h1-7,10,20H,(H,18,19). The van der Waals surface area contributed by atoms with Gasteiger partial charge in [0.1, 0.15) is 0 Å². The fourth-order valence-electron chi connectivity index (χ4n) is 2.07. The number of halogens is 1. The smallest absolute Gasteiger partial charge is 0.274 e. The molecular formula is C16H10BrNO2. The summed E-state index contributed by atoms with van der Waals surface area (Å²) in [7, 11) is 0. The first kappa shape index (κ1) is 12.9. The third-order valence-electron chi connectivity index (χ3n) is 3.11. The van der Waals surface area contributed by atoms with E-state index in [1.807, 2.05) is 30.3 Å². The molecule has 4 heteroatoms. The van der Waals surface area contributed by atoms with Crippen molar-refractivity contribution in [1.29, 1.82) is 0 Å². The first-order valence-electron chi connectivity index (χ1n) is 6.02. The number of amides is 1. The average molecular weight is 328 g/mol. The number of nitrogens with one attached hydrogen (secondary N) is 1. The van der Waals surface area contributed by atoms with Gasteiger partial charge in [-0.3, -0.25) is 4.79 Å². The summed E-state index contributed by atoms with van der Waals surface area (Å²) in [6.07, 6.45) is 0. The molecule has 0 saturated heterocycles. The van der Waals surface area contributed by atoms with Gasteiger partial charge in [-0.05, 0) is 36.3 Å². The number of hydrogen-bond donors (Lipinski definition) is 2. The molecule has 1 aliphatic rings. The minimum atomic E-state index is -1.81. The van der Waals surface area contributed by atoms with E-state index in [4.69, 9.17) is 0 Å². The minimum Gasteiger partial charge on any atom is -0.366 e. The third kappa shape index (κ3) is 2.11. The summed E-state index contributed by atoms with van der Waals surface area (Å²) in [4.78, 5) is 12.0. The Labute approximate surface area is 124 Å². The second-order valence-electron chi connectivity index (χ2n) is 4.47. The van der Waals surface area contributed by atoms with Gasteiger partial charge in [0.2, 0.25) is 5.60 Å². The van der Waals surface area contributed by atoms with Crippen LogP contribution in [0.4, 0.5) is 5.69 Å². The predicted molar refractivity (Wildman–Crippen MR) is 80.0 cm³/mol. The Bertz CT molecular complexity index is 746. The van der Waals surface area contributed by atoms with Crippen LogP contribution < -0.4 is 5.32 Å². The lowest BCUT2D eigenvalue weighted by atomic mass is 9.96. The van der Waals surface area contributed by atoms with Crippen molar-refractivity contribution in [3.8, 4) is 11.8 Å². The summed E-state index contributed by atoms with van der Waals surface area (Å²) < 4.78 is 0.785. The van der Waals surface area contributed by atoms with Crippen molar-refractivity contribution in [2.75, 3.05) is 5.32 Å². The van der Waals surface area contributed by atoms with Gasteiger partial charge in [0.25, 0.3) is 5.91 Å². The van der Waals surface area contributed by atoms with Gasteiger partial charge >= 0.3 is 0 Å².